The quantitative estimate of drug-likeness (QED) is 0.815. The van der Waals surface area contributed by atoms with Crippen LogP contribution in [0, 0.1) is 11.8 Å². The summed E-state index contributed by atoms with van der Waals surface area (Å²) in [6.07, 6.45) is 1.46. The summed E-state index contributed by atoms with van der Waals surface area (Å²) in [6.45, 7) is 8.84. The van der Waals surface area contributed by atoms with Crippen LogP contribution in [0.25, 0.3) is 10.6 Å². The first kappa shape index (κ1) is 19.6. The molecule has 1 fully saturated rings. The van der Waals surface area contributed by atoms with Crippen LogP contribution in [0.3, 0.4) is 0 Å². The fourth-order valence-corrected chi connectivity index (χ4v) is 4.19. The number of hydrogen-bond donors (Lipinski definition) is 1. The van der Waals surface area contributed by atoms with Gasteiger partial charge in [-0.25, -0.2) is 0 Å². The van der Waals surface area contributed by atoms with Crippen molar-refractivity contribution < 1.29 is 14.1 Å². The van der Waals surface area contributed by atoms with Crippen LogP contribution >= 0.6 is 11.3 Å². The Balaban J connectivity index is 1.84. The number of hydrogen-bond acceptors (Lipinski definition) is 5. The molecule has 0 bridgehead atoms. The maximum absolute atomic E-state index is 13.2. The largest absolute Gasteiger partial charge is 0.355 e. The maximum atomic E-state index is 13.2. The van der Waals surface area contributed by atoms with E-state index in [0.717, 1.165) is 11.3 Å². The van der Waals surface area contributed by atoms with Gasteiger partial charge in [-0.2, -0.15) is 0 Å². The molecule has 3 heterocycles. The number of amides is 2. The summed E-state index contributed by atoms with van der Waals surface area (Å²) in [4.78, 5) is 28.5. The lowest BCUT2D eigenvalue weighted by Gasteiger charge is -2.40. The number of thiophene rings is 1. The fraction of sp³-hybridized carbons (Fsp3) is 0.550. The number of carbonyl (C=O) groups is 2. The second kappa shape index (κ2) is 8.25. The van der Waals surface area contributed by atoms with E-state index < -0.39 is 6.04 Å². The molecule has 7 heteroatoms. The van der Waals surface area contributed by atoms with Crippen molar-refractivity contribution in [2.45, 2.75) is 52.6 Å². The maximum Gasteiger partial charge on any atom is 0.276 e. The number of aromatic nitrogens is 1. The second-order valence-corrected chi connectivity index (χ2v) is 8.94. The SMILES string of the molecule is CC(C)C[C@H]1CN(C(=O)c2cc(-c3cccs3)on2)[C@@H](CC(C)C)C(=O)N1. The number of carbonyl (C=O) groups excluding carboxylic acids is 2. The molecule has 6 nitrogen and oxygen atoms in total. The first-order valence-corrected chi connectivity index (χ1v) is 10.3. The van der Waals surface area contributed by atoms with E-state index >= 15 is 0 Å². The first-order valence-electron chi connectivity index (χ1n) is 9.47. The van der Waals surface area contributed by atoms with Crippen LogP contribution in [-0.4, -0.2) is 40.5 Å². The molecular formula is C20H27N3O3S. The van der Waals surface area contributed by atoms with Gasteiger partial charge in [0.05, 0.1) is 4.88 Å². The van der Waals surface area contributed by atoms with Gasteiger partial charge in [0.15, 0.2) is 11.5 Å². The molecule has 1 saturated heterocycles. The predicted molar refractivity (Wildman–Crippen MR) is 105 cm³/mol. The van der Waals surface area contributed by atoms with Crippen LogP contribution in [0.15, 0.2) is 28.1 Å². The third-order valence-corrected chi connectivity index (χ3v) is 5.53. The van der Waals surface area contributed by atoms with Crippen molar-refractivity contribution in [1.29, 1.82) is 0 Å². The average Bonchev–Trinajstić information content (AvgIpc) is 3.26. The predicted octanol–water partition coefficient (Wildman–Crippen LogP) is 3.80. The molecule has 0 radical (unpaired) electrons. The van der Waals surface area contributed by atoms with Crippen molar-refractivity contribution in [2.24, 2.45) is 11.8 Å². The van der Waals surface area contributed by atoms with Crippen LogP contribution in [-0.2, 0) is 4.79 Å². The molecule has 1 aliphatic rings. The Morgan fingerprint density at radius 3 is 2.70 bits per heavy atom. The topological polar surface area (TPSA) is 75.4 Å². The lowest BCUT2D eigenvalue weighted by molar-refractivity contribution is -0.130. The fourth-order valence-electron chi connectivity index (χ4n) is 3.52. The summed E-state index contributed by atoms with van der Waals surface area (Å²) in [6, 6.07) is 5.02. The van der Waals surface area contributed by atoms with Crippen molar-refractivity contribution in [3.05, 3.63) is 29.3 Å². The Morgan fingerprint density at radius 1 is 1.33 bits per heavy atom. The van der Waals surface area contributed by atoms with E-state index in [0.29, 0.717) is 30.6 Å². The molecule has 3 rings (SSSR count). The molecular weight excluding hydrogens is 362 g/mol. The number of nitrogens with one attached hydrogen (secondary N) is 1. The normalized spacial score (nSPS) is 20.4. The molecule has 1 N–H and O–H groups in total. The highest BCUT2D eigenvalue weighted by atomic mass is 32.1. The van der Waals surface area contributed by atoms with Gasteiger partial charge < -0.3 is 14.7 Å². The van der Waals surface area contributed by atoms with E-state index in [1.54, 1.807) is 11.0 Å². The summed E-state index contributed by atoms with van der Waals surface area (Å²) >= 11 is 1.53. The van der Waals surface area contributed by atoms with Gasteiger partial charge in [0, 0.05) is 18.7 Å². The van der Waals surface area contributed by atoms with E-state index in [4.69, 9.17) is 4.52 Å². The van der Waals surface area contributed by atoms with E-state index in [1.165, 1.54) is 11.3 Å². The van der Waals surface area contributed by atoms with Crippen LogP contribution in [0.5, 0.6) is 0 Å². The van der Waals surface area contributed by atoms with Gasteiger partial charge in [0.25, 0.3) is 5.91 Å². The number of nitrogens with zero attached hydrogens (tertiary/aromatic N) is 2. The summed E-state index contributed by atoms with van der Waals surface area (Å²) in [5.74, 6) is 1.00. The molecule has 2 aromatic heterocycles. The Bertz CT molecular complexity index is 782. The van der Waals surface area contributed by atoms with E-state index in [-0.39, 0.29) is 23.6 Å². The van der Waals surface area contributed by atoms with Crippen molar-refractivity contribution in [1.82, 2.24) is 15.4 Å². The van der Waals surface area contributed by atoms with Gasteiger partial charge in [-0.3, -0.25) is 9.59 Å². The van der Waals surface area contributed by atoms with E-state index in [9.17, 15) is 9.59 Å². The second-order valence-electron chi connectivity index (χ2n) is 7.99. The first-order chi connectivity index (χ1) is 12.8. The molecule has 0 saturated carbocycles. The van der Waals surface area contributed by atoms with Crippen LogP contribution in [0.4, 0.5) is 0 Å². The van der Waals surface area contributed by atoms with E-state index in [2.05, 4.69) is 38.2 Å². The van der Waals surface area contributed by atoms with Gasteiger partial charge in [-0.1, -0.05) is 38.9 Å². The summed E-state index contributed by atoms with van der Waals surface area (Å²) in [5, 5.41) is 9.02. The lowest BCUT2D eigenvalue weighted by Crippen LogP contribution is -2.62. The van der Waals surface area contributed by atoms with Gasteiger partial charge in [0.2, 0.25) is 5.91 Å². The molecule has 146 valence electrons. The molecule has 1 aliphatic heterocycles. The monoisotopic (exact) mass is 389 g/mol. The molecule has 0 aliphatic carbocycles. The van der Waals surface area contributed by atoms with Gasteiger partial charge in [-0.05, 0) is 36.1 Å². The molecule has 2 aromatic rings. The minimum atomic E-state index is -0.470. The third-order valence-electron chi connectivity index (χ3n) is 4.65. The summed E-state index contributed by atoms with van der Waals surface area (Å²) in [7, 11) is 0. The van der Waals surface area contributed by atoms with Crippen LogP contribution < -0.4 is 5.32 Å². The van der Waals surface area contributed by atoms with Crippen LogP contribution in [0.2, 0.25) is 0 Å². The highest BCUT2D eigenvalue weighted by Gasteiger charge is 2.38. The zero-order chi connectivity index (χ0) is 19.6. The van der Waals surface area contributed by atoms with Crippen LogP contribution in [0.1, 0.15) is 51.0 Å². The summed E-state index contributed by atoms with van der Waals surface area (Å²) in [5.41, 5.74) is 0.255. The third kappa shape index (κ3) is 4.58. The Kier molecular flexibility index (Phi) is 5.99. The zero-order valence-electron chi connectivity index (χ0n) is 16.3. The van der Waals surface area contributed by atoms with Gasteiger partial charge >= 0.3 is 0 Å². The highest BCUT2D eigenvalue weighted by molar-refractivity contribution is 7.13. The van der Waals surface area contributed by atoms with Crippen molar-refractivity contribution in [2.75, 3.05) is 6.54 Å². The Labute approximate surface area is 163 Å². The van der Waals surface area contributed by atoms with E-state index in [1.807, 2.05) is 17.5 Å². The smallest absolute Gasteiger partial charge is 0.276 e. The Hall–Kier alpha value is -2.15. The number of rotatable bonds is 6. The van der Waals surface area contributed by atoms with Crippen molar-refractivity contribution >= 4 is 23.2 Å². The minimum absolute atomic E-state index is 0.0338. The molecule has 0 spiro atoms. The molecule has 2 atom stereocenters. The van der Waals surface area contributed by atoms with Crippen molar-refractivity contribution in [3.8, 4) is 10.6 Å². The lowest BCUT2D eigenvalue weighted by atomic mass is 9.94. The summed E-state index contributed by atoms with van der Waals surface area (Å²) < 4.78 is 5.37. The molecule has 2 amide bonds. The molecule has 0 unspecified atom stereocenters. The van der Waals surface area contributed by atoms with Gasteiger partial charge in [-0.15, -0.1) is 11.3 Å². The van der Waals surface area contributed by atoms with Gasteiger partial charge in [0.1, 0.15) is 6.04 Å². The number of piperazine rings is 1. The van der Waals surface area contributed by atoms with Crippen molar-refractivity contribution in [3.63, 3.8) is 0 Å². The molecule has 27 heavy (non-hydrogen) atoms. The average molecular weight is 390 g/mol. The molecule has 0 aromatic carbocycles. The standard InChI is InChI=1S/C20H27N3O3S/c1-12(2)8-14-11-23(16(9-13(3)4)19(24)21-14)20(25)15-10-17(26-22-15)18-6-5-7-27-18/h5-7,10,12-14,16H,8-9,11H2,1-4H3,(H,21,24)/t14-,16-/m0/s1. The Morgan fingerprint density at radius 2 is 2.07 bits per heavy atom. The zero-order valence-corrected chi connectivity index (χ0v) is 17.1. The minimum Gasteiger partial charge on any atom is -0.355 e. The highest BCUT2D eigenvalue weighted by Crippen LogP contribution is 2.27.